The monoisotopic (exact) mass is 447 g/mol. The first-order valence-corrected chi connectivity index (χ1v) is 10.9. The van der Waals surface area contributed by atoms with E-state index in [0.29, 0.717) is 28.0 Å². The number of nitrogens with zero attached hydrogens (tertiary/aromatic N) is 6. The number of benzene rings is 2. The number of nitrogens with one attached hydrogen (secondary N) is 1. The number of carbonyl (C=O) groups is 1. The number of hydrogen-bond donors (Lipinski definition) is 1. The van der Waals surface area contributed by atoms with Crippen molar-refractivity contribution < 1.29 is 4.79 Å². The van der Waals surface area contributed by atoms with Gasteiger partial charge >= 0.3 is 0 Å². The van der Waals surface area contributed by atoms with Gasteiger partial charge in [0.05, 0.1) is 34.9 Å². The molecule has 0 fully saturated rings. The lowest BCUT2D eigenvalue weighted by molar-refractivity contribution is 0.102. The fourth-order valence-corrected chi connectivity index (χ4v) is 4.01. The topological polar surface area (TPSA) is 101 Å². The van der Waals surface area contributed by atoms with Crippen molar-refractivity contribution in [2.24, 2.45) is 0 Å². The maximum absolute atomic E-state index is 13.6. The standard InChI is InChI=1S/C26H21N7O/c1-3-32-17(2)22(16-28-32)24-13-21(20-11-7-8-12-23(20)30-24)26(34)31-25-18(14-27)15-29-33(25)19-9-5-4-6-10-19/h4-13,15-16H,3H2,1-2H3,(H,31,34). The average Bonchev–Trinajstić information content (AvgIpc) is 3.46. The first kappa shape index (κ1) is 21.1. The van der Waals surface area contributed by atoms with Crippen molar-refractivity contribution in [3.05, 3.63) is 89.9 Å². The van der Waals surface area contributed by atoms with Crippen LogP contribution in [0.15, 0.2) is 73.1 Å². The van der Waals surface area contributed by atoms with E-state index in [1.54, 1.807) is 16.9 Å². The normalized spacial score (nSPS) is 10.9. The largest absolute Gasteiger partial charge is 0.305 e. The molecule has 0 atom stereocenters. The molecule has 0 bridgehead atoms. The molecule has 8 heteroatoms. The Labute approximate surface area is 196 Å². The fourth-order valence-electron chi connectivity index (χ4n) is 4.01. The summed E-state index contributed by atoms with van der Waals surface area (Å²) in [5.74, 6) is -0.0364. The number of amides is 1. The number of fused-ring (bicyclic) bond motifs is 1. The molecule has 3 heterocycles. The summed E-state index contributed by atoms with van der Waals surface area (Å²) in [5.41, 5.74) is 4.68. The van der Waals surface area contributed by atoms with Gasteiger partial charge < -0.3 is 5.32 Å². The first-order chi connectivity index (χ1) is 16.6. The second kappa shape index (κ2) is 8.64. The van der Waals surface area contributed by atoms with E-state index >= 15 is 0 Å². The number of hydrogen-bond acceptors (Lipinski definition) is 5. The molecule has 3 aromatic heterocycles. The molecular weight excluding hydrogens is 426 g/mol. The van der Waals surface area contributed by atoms with Gasteiger partial charge in [0.2, 0.25) is 0 Å². The molecule has 8 nitrogen and oxygen atoms in total. The smallest absolute Gasteiger partial charge is 0.257 e. The lowest BCUT2D eigenvalue weighted by Crippen LogP contribution is -2.17. The number of aryl methyl sites for hydroxylation is 1. The lowest BCUT2D eigenvalue weighted by atomic mass is 10.0. The maximum atomic E-state index is 13.6. The zero-order chi connectivity index (χ0) is 23.7. The molecule has 0 aliphatic rings. The first-order valence-electron chi connectivity index (χ1n) is 10.9. The molecule has 0 aliphatic carbocycles. The predicted molar refractivity (Wildman–Crippen MR) is 130 cm³/mol. The Bertz CT molecular complexity index is 1560. The second-order valence-electron chi connectivity index (χ2n) is 7.75. The Balaban J connectivity index is 1.62. The number of pyridine rings is 1. The Morgan fingerprint density at radius 1 is 1.06 bits per heavy atom. The van der Waals surface area contributed by atoms with Gasteiger partial charge in [-0.25, -0.2) is 9.67 Å². The molecule has 0 unspecified atom stereocenters. The van der Waals surface area contributed by atoms with Crippen molar-refractivity contribution in [2.75, 3.05) is 5.32 Å². The van der Waals surface area contributed by atoms with E-state index in [-0.39, 0.29) is 11.5 Å². The van der Waals surface area contributed by atoms with Crippen molar-refractivity contribution in [3.8, 4) is 23.0 Å². The minimum Gasteiger partial charge on any atom is -0.305 e. The van der Waals surface area contributed by atoms with E-state index in [1.807, 2.05) is 73.1 Å². The lowest BCUT2D eigenvalue weighted by Gasteiger charge is -2.12. The number of rotatable bonds is 5. The van der Waals surface area contributed by atoms with Crippen LogP contribution in [-0.4, -0.2) is 30.5 Å². The summed E-state index contributed by atoms with van der Waals surface area (Å²) in [4.78, 5) is 18.4. The average molecular weight is 448 g/mol. The Morgan fingerprint density at radius 3 is 2.56 bits per heavy atom. The van der Waals surface area contributed by atoms with Crippen LogP contribution in [0.2, 0.25) is 0 Å². The molecule has 0 radical (unpaired) electrons. The van der Waals surface area contributed by atoms with Crippen molar-refractivity contribution >= 4 is 22.6 Å². The van der Waals surface area contributed by atoms with Crippen LogP contribution in [0, 0.1) is 18.3 Å². The second-order valence-corrected chi connectivity index (χ2v) is 7.75. The van der Waals surface area contributed by atoms with E-state index < -0.39 is 0 Å². The zero-order valence-electron chi connectivity index (χ0n) is 18.7. The van der Waals surface area contributed by atoms with Crippen molar-refractivity contribution in [1.82, 2.24) is 24.5 Å². The van der Waals surface area contributed by atoms with Crippen LogP contribution in [0.1, 0.15) is 28.5 Å². The van der Waals surface area contributed by atoms with Crippen molar-refractivity contribution in [2.45, 2.75) is 20.4 Å². The molecule has 1 N–H and O–H groups in total. The SMILES string of the molecule is CCn1ncc(-c2cc(C(=O)Nc3c(C#N)cnn3-c3ccccc3)c3ccccc3n2)c1C. The molecule has 0 saturated heterocycles. The minimum atomic E-state index is -0.352. The highest BCUT2D eigenvalue weighted by molar-refractivity contribution is 6.13. The van der Waals surface area contributed by atoms with Gasteiger partial charge in [0.1, 0.15) is 11.6 Å². The van der Waals surface area contributed by atoms with Gasteiger partial charge in [-0.3, -0.25) is 9.48 Å². The van der Waals surface area contributed by atoms with Crippen LogP contribution in [-0.2, 0) is 6.54 Å². The summed E-state index contributed by atoms with van der Waals surface area (Å²) in [6, 6.07) is 20.7. The molecule has 0 saturated carbocycles. The van der Waals surface area contributed by atoms with Crippen LogP contribution in [0.4, 0.5) is 5.82 Å². The van der Waals surface area contributed by atoms with Crippen molar-refractivity contribution in [3.63, 3.8) is 0 Å². The number of aromatic nitrogens is 5. The summed E-state index contributed by atoms with van der Waals surface area (Å²) < 4.78 is 3.44. The highest BCUT2D eigenvalue weighted by Crippen LogP contribution is 2.28. The van der Waals surface area contributed by atoms with E-state index in [4.69, 9.17) is 4.98 Å². The number of anilines is 1. The maximum Gasteiger partial charge on any atom is 0.257 e. The summed E-state index contributed by atoms with van der Waals surface area (Å²) in [5, 5.41) is 22.0. The highest BCUT2D eigenvalue weighted by Gasteiger charge is 2.20. The van der Waals surface area contributed by atoms with E-state index in [2.05, 4.69) is 21.6 Å². The van der Waals surface area contributed by atoms with E-state index in [0.717, 1.165) is 23.5 Å². The summed E-state index contributed by atoms with van der Waals surface area (Å²) in [6.45, 7) is 4.76. The quantitative estimate of drug-likeness (QED) is 0.419. The van der Waals surface area contributed by atoms with Gasteiger partial charge in [-0.05, 0) is 38.1 Å². The third-order valence-electron chi connectivity index (χ3n) is 5.76. The summed E-state index contributed by atoms with van der Waals surface area (Å²) in [6.07, 6.45) is 3.22. The number of carbonyl (C=O) groups excluding carboxylic acids is 1. The van der Waals surface area contributed by atoms with Gasteiger partial charge in [0, 0.05) is 23.2 Å². The zero-order valence-corrected chi connectivity index (χ0v) is 18.7. The molecule has 34 heavy (non-hydrogen) atoms. The van der Waals surface area contributed by atoms with Gasteiger partial charge in [-0.1, -0.05) is 36.4 Å². The molecule has 2 aromatic carbocycles. The molecule has 5 aromatic rings. The molecule has 1 amide bonds. The van der Waals surface area contributed by atoms with Gasteiger partial charge in [-0.2, -0.15) is 15.5 Å². The van der Waals surface area contributed by atoms with Gasteiger partial charge in [0.25, 0.3) is 5.91 Å². The predicted octanol–water partition coefficient (Wildman–Crippen LogP) is 4.74. The molecule has 166 valence electrons. The third-order valence-corrected chi connectivity index (χ3v) is 5.76. The van der Waals surface area contributed by atoms with Crippen LogP contribution >= 0.6 is 0 Å². The molecule has 0 aliphatic heterocycles. The molecular formula is C26H21N7O. The Kier molecular flexibility index (Phi) is 5.36. The highest BCUT2D eigenvalue weighted by atomic mass is 16.1. The number of nitriles is 1. The third kappa shape index (κ3) is 3.59. The Hall–Kier alpha value is -4.77. The minimum absolute atomic E-state index is 0.274. The van der Waals surface area contributed by atoms with Crippen LogP contribution in [0.3, 0.4) is 0 Å². The molecule has 5 rings (SSSR count). The van der Waals surface area contributed by atoms with Gasteiger partial charge in [-0.15, -0.1) is 0 Å². The van der Waals surface area contributed by atoms with E-state index in [1.165, 1.54) is 6.20 Å². The fraction of sp³-hybridized carbons (Fsp3) is 0.115. The van der Waals surface area contributed by atoms with Gasteiger partial charge in [0.15, 0.2) is 5.82 Å². The van der Waals surface area contributed by atoms with Crippen molar-refractivity contribution in [1.29, 1.82) is 5.26 Å². The van der Waals surface area contributed by atoms with Crippen LogP contribution in [0.5, 0.6) is 0 Å². The summed E-state index contributed by atoms with van der Waals surface area (Å²) >= 11 is 0. The van der Waals surface area contributed by atoms with E-state index in [9.17, 15) is 10.1 Å². The number of para-hydroxylation sites is 2. The van der Waals surface area contributed by atoms with Crippen LogP contribution < -0.4 is 5.32 Å². The Morgan fingerprint density at radius 2 is 1.82 bits per heavy atom. The molecule has 0 spiro atoms. The van der Waals surface area contributed by atoms with Crippen LogP contribution in [0.25, 0.3) is 27.8 Å². The summed E-state index contributed by atoms with van der Waals surface area (Å²) in [7, 11) is 0.